The number of anilines is 1. The molecule has 0 unspecified atom stereocenters. The number of hydrogen-bond donors (Lipinski definition) is 2. The van der Waals surface area contributed by atoms with Crippen molar-refractivity contribution in [3.05, 3.63) is 29.3 Å². The first-order valence-electron chi connectivity index (χ1n) is 6.26. The molecule has 6 nitrogen and oxygen atoms in total. The Balaban J connectivity index is 2.39. The lowest BCUT2D eigenvalue weighted by atomic mass is 9.96. The van der Waals surface area contributed by atoms with Crippen LogP contribution in [0.5, 0.6) is 0 Å². The fraction of sp³-hybridized carbons (Fsp3) is 0.286. The molecule has 2 aromatic rings. The molecule has 2 N–H and O–H groups in total. The number of aromatic nitrogens is 2. The molecular weight excluding hydrogens is 290 g/mol. The SMILES string of the molecule is CC(C)(C)C(=O)Nc1nc(-c2ccccn2)c(C(=O)O)s1. The van der Waals surface area contributed by atoms with Crippen LogP contribution >= 0.6 is 11.3 Å². The van der Waals surface area contributed by atoms with Gasteiger partial charge in [0.05, 0.1) is 5.69 Å². The van der Waals surface area contributed by atoms with Crippen LogP contribution in [-0.4, -0.2) is 27.0 Å². The first-order valence-corrected chi connectivity index (χ1v) is 7.07. The summed E-state index contributed by atoms with van der Waals surface area (Å²) < 4.78 is 0. The molecule has 0 aliphatic rings. The Hall–Kier alpha value is -2.28. The molecule has 0 saturated carbocycles. The maximum atomic E-state index is 12.0. The van der Waals surface area contributed by atoms with Gasteiger partial charge in [-0.3, -0.25) is 9.78 Å². The van der Waals surface area contributed by atoms with Crippen molar-refractivity contribution in [2.45, 2.75) is 20.8 Å². The quantitative estimate of drug-likeness (QED) is 0.909. The lowest BCUT2D eigenvalue weighted by Gasteiger charge is -2.15. The molecule has 0 aliphatic heterocycles. The lowest BCUT2D eigenvalue weighted by Crippen LogP contribution is -2.27. The molecule has 0 spiro atoms. The summed E-state index contributed by atoms with van der Waals surface area (Å²) in [4.78, 5) is 31.6. The number of thiazole rings is 1. The predicted octanol–water partition coefficient (Wildman–Crippen LogP) is 2.89. The van der Waals surface area contributed by atoms with Crippen molar-refractivity contribution in [2.75, 3.05) is 5.32 Å². The number of nitrogens with zero attached hydrogens (tertiary/aromatic N) is 2. The summed E-state index contributed by atoms with van der Waals surface area (Å²) in [6.45, 7) is 5.31. The van der Waals surface area contributed by atoms with Crippen LogP contribution in [0.2, 0.25) is 0 Å². The molecular formula is C14H15N3O3S. The monoisotopic (exact) mass is 305 g/mol. The second-order valence-corrected chi connectivity index (χ2v) is 6.42. The topological polar surface area (TPSA) is 92.2 Å². The molecule has 0 atom stereocenters. The normalized spacial score (nSPS) is 11.2. The summed E-state index contributed by atoms with van der Waals surface area (Å²) in [7, 11) is 0. The number of carbonyl (C=O) groups is 2. The van der Waals surface area contributed by atoms with Gasteiger partial charge in [0.15, 0.2) is 5.13 Å². The number of carboxylic acids is 1. The van der Waals surface area contributed by atoms with Crippen molar-refractivity contribution < 1.29 is 14.7 Å². The van der Waals surface area contributed by atoms with Crippen LogP contribution in [0.15, 0.2) is 24.4 Å². The van der Waals surface area contributed by atoms with E-state index in [2.05, 4.69) is 15.3 Å². The van der Waals surface area contributed by atoms with Crippen LogP contribution in [0, 0.1) is 5.41 Å². The van der Waals surface area contributed by atoms with E-state index < -0.39 is 11.4 Å². The molecule has 0 saturated heterocycles. The third-order valence-electron chi connectivity index (χ3n) is 2.63. The highest BCUT2D eigenvalue weighted by Crippen LogP contribution is 2.31. The molecule has 2 heterocycles. The molecule has 0 bridgehead atoms. The average Bonchev–Trinajstić information content (AvgIpc) is 2.83. The van der Waals surface area contributed by atoms with E-state index in [-0.39, 0.29) is 21.6 Å². The Morgan fingerprint density at radius 2 is 2.00 bits per heavy atom. The maximum absolute atomic E-state index is 12.0. The number of amides is 1. The van der Waals surface area contributed by atoms with Gasteiger partial charge in [-0.15, -0.1) is 0 Å². The molecule has 0 radical (unpaired) electrons. The Morgan fingerprint density at radius 3 is 2.52 bits per heavy atom. The summed E-state index contributed by atoms with van der Waals surface area (Å²) in [6, 6.07) is 5.16. The molecule has 110 valence electrons. The van der Waals surface area contributed by atoms with E-state index in [0.29, 0.717) is 5.69 Å². The van der Waals surface area contributed by atoms with Gasteiger partial charge in [-0.05, 0) is 12.1 Å². The third kappa shape index (κ3) is 3.43. The van der Waals surface area contributed by atoms with Crippen LogP contribution in [0.1, 0.15) is 30.4 Å². The maximum Gasteiger partial charge on any atom is 0.348 e. The average molecular weight is 305 g/mol. The zero-order chi connectivity index (χ0) is 15.6. The first-order chi connectivity index (χ1) is 9.79. The molecule has 0 aromatic carbocycles. The van der Waals surface area contributed by atoms with E-state index >= 15 is 0 Å². The van der Waals surface area contributed by atoms with E-state index in [1.54, 1.807) is 45.2 Å². The Morgan fingerprint density at radius 1 is 1.29 bits per heavy atom. The van der Waals surface area contributed by atoms with Gasteiger partial charge in [0.25, 0.3) is 0 Å². The fourth-order valence-electron chi connectivity index (χ4n) is 1.48. The molecule has 0 fully saturated rings. The fourth-order valence-corrected chi connectivity index (χ4v) is 2.29. The number of aromatic carboxylic acids is 1. The van der Waals surface area contributed by atoms with Crippen molar-refractivity contribution in [1.29, 1.82) is 0 Å². The number of rotatable bonds is 3. The van der Waals surface area contributed by atoms with E-state index in [9.17, 15) is 14.7 Å². The second-order valence-electron chi connectivity index (χ2n) is 5.42. The molecule has 1 amide bonds. The summed E-state index contributed by atoms with van der Waals surface area (Å²) in [5.41, 5.74) is 0.139. The van der Waals surface area contributed by atoms with E-state index in [1.807, 2.05) is 0 Å². The molecule has 7 heteroatoms. The number of carboxylic acid groups (broad SMARTS) is 1. The minimum Gasteiger partial charge on any atom is -0.477 e. The van der Waals surface area contributed by atoms with Crippen molar-refractivity contribution in [2.24, 2.45) is 5.41 Å². The smallest absolute Gasteiger partial charge is 0.348 e. The minimum atomic E-state index is -1.09. The Bertz CT molecular complexity index is 675. The molecule has 0 aliphatic carbocycles. The van der Waals surface area contributed by atoms with Gasteiger partial charge in [0.1, 0.15) is 10.6 Å². The van der Waals surface area contributed by atoms with E-state index in [4.69, 9.17) is 0 Å². The van der Waals surface area contributed by atoms with Gasteiger partial charge in [-0.2, -0.15) is 0 Å². The molecule has 2 aromatic heterocycles. The van der Waals surface area contributed by atoms with Crippen LogP contribution in [0.25, 0.3) is 11.4 Å². The van der Waals surface area contributed by atoms with Crippen molar-refractivity contribution in [3.8, 4) is 11.4 Å². The van der Waals surface area contributed by atoms with Crippen LogP contribution in [0.3, 0.4) is 0 Å². The van der Waals surface area contributed by atoms with Crippen LogP contribution in [0.4, 0.5) is 5.13 Å². The van der Waals surface area contributed by atoms with E-state index in [0.717, 1.165) is 11.3 Å². The highest BCUT2D eigenvalue weighted by Gasteiger charge is 2.25. The third-order valence-corrected chi connectivity index (χ3v) is 3.59. The van der Waals surface area contributed by atoms with Gasteiger partial charge in [-0.1, -0.05) is 38.2 Å². The Labute approximate surface area is 125 Å². The highest BCUT2D eigenvalue weighted by atomic mass is 32.1. The highest BCUT2D eigenvalue weighted by molar-refractivity contribution is 7.18. The zero-order valence-corrected chi connectivity index (χ0v) is 12.7. The van der Waals surface area contributed by atoms with Gasteiger partial charge in [-0.25, -0.2) is 9.78 Å². The number of pyridine rings is 1. The van der Waals surface area contributed by atoms with E-state index in [1.165, 1.54) is 0 Å². The van der Waals surface area contributed by atoms with Crippen molar-refractivity contribution >= 4 is 28.3 Å². The largest absolute Gasteiger partial charge is 0.477 e. The molecule has 2 rings (SSSR count). The van der Waals surface area contributed by atoms with Gasteiger partial charge in [0, 0.05) is 11.6 Å². The standard InChI is InChI=1S/C14H15N3O3S/c1-14(2,3)12(20)17-13-16-9(10(21-13)11(18)19)8-6-4-5-7-15-8/h4-7H,1-3H3,(H,18,19)(H,16,17,20). The first kappa shape index (κ1) is 15.1. The van der Waals surface area contributed by atoms with Crippen molar-refractivity contribution in [3.63, 3.8) is 0 Å². The lowest BCUT2D eigenvalue weighted by molar-refractivity contribution is -0.123. The van der Waals surface area contributed by atoms with Crippen molar-refractivity contribution in [1.82, 2.24) is 9.97 Å². The Kier molecular flexibility index (Phi) is 4.04. The number of nitrogens with one attached hydrogen (secondary N) is 1. The van der Waals surface area contributed by atoms with Gasteiger partial charge in [0.2, 0.25) is 5.91 Å². The van der Waals surface area contributed by atoms with Crippen LogP contribution in [-0.2, 0) is 4.79 Å². The predicted molar refractivity (Wildman–Crippen MR) is 80.4 cm³/mol. The zero-order valence-electron chi connectivity index (χ0n) is 11.9. The summed E-state index contributed by atoms with van der Waals surface area (Å²) in [6.07, 6.45) is 1.56. The van der Waals surface area contributed by atoms with Gasteiger partial charge < -0.3 is 10.4 Å². The summed E-state index contributed by atoms with van der Waals surface area (Å²) in [5.74, 6) is -1.31. The number of carbonyl (C=O) groups excluding carboxylic acids is 1. The summed E-state index contributed by atoms with van der Waals surface area (Å²) in [5, 5.41) is 12.2. The second kappa shape index (κ2) is 5.61. The number of hydrogen-bond acceptors (Lipinski definition) is 5. The minimum absolute atomic E-state index is 0.0536. The molecule has 21 heavy (non-hydrogen) atoms. The summed E-state index contributed by atoms with van der Waals surface area (Å²) >= 11 is 0.924. The van der Waals surface area contributed by atoms with Crippen LogP contribution < -0.4 is 5.32 Å². The van der Waals surface area contributed by atoms with Gasteiger partial charge >= 0.3 is 5.97 Å².